The number of hydrogen-bond donors (Lipinski definition) is 1. The van der Waals surface area contributed by atoms with Crippen molar-refractivity contribution in [2.45, 2.75) is 63.8 Å². The van der Waals surface area contributed by atoms with Gasteiger partial charge in [0.15, 0.2) is 0 Å². The van der Waals surface area contributed by atoms with E-state index in [-0.39, 0.29) is 5.91 Å². The number of amides is 1. The van der Waals surface area contributed by atoms with E-state index in [9.17, 15) is 9.59 Å². The van der Waals surface area contributed by atoms with Crippen molar-refractivity contribution >= 4 is 11.7 Å². The van der Waals surface area contributed by atoms with Gasteiger partial charge in [-0.25, -0.2) is 0 Å². The smallest absolute Gasteiger partial charge is 0.234 e. The molecule has 0 aromatic heterocycles. The van der Waals surface area contributed by atoms with Crippen LogP contribution in [0, 0.1) is 0 Å². The number of carbonyl (C=O) groups is 2. The van der Waals surface area contributed by atoms with E-state index in [2.05, 4.69) is 10.2 Å². The molecule has 1 amide bonds. The van der Waals surface area contributed by atoms with Crippen molar-refractivity contribution in [2.24, 2.45) is 0 Å². The van der Waals surface area contributed by atoms with Crippen molar-refractivity contribution in [1.82, 2.24) is 10.2 Å². The number of carbonyl (C=O) groups excluding carboxylic acids is 2. The maximum atomic E-state index is 12.0. The zero-order valence-electron chi connectivity index (χ0n) is 11.8. The van der Waals surface area contributed by atoms with Gasteiger partial charge in [0.2, 0.25) is 5.91 Å². The fraction of sp³-hybridized carbons (Fsp3) is 0.867. The molecule has 108 valence electrons. The lowest BCUT2D eigenvalue weighted by Crippen LogP contribution is -2.44. The van der Waals surface area contributed by atoms with E-state index in [0.717, 1.165) is 25.9 Å². The van der Waals surface area contributed by atoms with Gasteiger partial charge in [0.05, 0.1) is 6.54 Å². The summed E-state index contributed by atoms with van der Waals surface area (Å²) in [5.74, 6) is 0.469. The number of piperidine rings is 1. The molecule has 2 aliphatic rings. The topological polar surface area (TPSA) is 49.4 Å². The third kappa shape index (κ3) is 5.31. The lowest BCUT2D eigenvalue weighted by molar-refractivity contribution is -0.126. The van der Waals surface area contributed by atoms with Crippen molar-refractivity contribution in [3.63, 3.8) is 0 Å². The molecule has 0 aromatic carbocycles. The van der Waals surface area contributed by atoms with Crippen LogP contribution in [-0.2, 0) is 9.59 Å². The van der Waals surface area contributed by atoms with Crippen LogP contribution in [0.15, 0.2) is 0 Å². The number of hydrogen-bond acceptors (Lipinski definition) is 3. The third-order valence-electron chi connectivity index (χ3n) is 4.25. The van der Waals surface area contributed by atoms with Crippen LogP contribution < -0.4 is 5.32 Å². The molecular formula is C15H26N2O2. The zero-order chi connectivity index (χ0) is 13.5. The van der Waals surface area contributed by atoms with Crippen molar-refractivity contribution in [3.8, 4) is 0 Å². The highest BCUT2D eigenvalue weighted by atomic mass is 16.2. The Morgan fingerprint density at radius 1 is 1.05 bits per heavy atom. The lowest BCUT2D eigenvalue weighted by Gasteiger charge is -2.27. The molecule has 4 heteroatoms. The Kier molecular flexibility index (Phi) is 5.83. The van der Waals surface area contributed by atoms with Crippen molar-refractivity contribution in [1.29, 1.82) is 0 Å². The Labute approximate surface area is 115 Å². The highest BCUT2D eigenvalue weighted by Gasteiger charge is 2.20. The molecule has 1 aliphatic heterocycles. The van der Waals surface area contributed by atoms with Crippen LogP contribution in [0.5, 0.6) is 0 Å². The van der Waals surface area contributed by atoms with Gasteiger partial charge >= 0.3 is 0 Å². The number of rotatable bonds is 3. The SMILES string of the molecule is O=C1CCN(CC(=O)NC2CCCCCCC2)CC1. The highest BCUT2D eigenvalue weighted by Crippen LogP contribution is 2.17. The minimum Gasteiger partial charge on any atom is -0.352 e. The molecule has 0 spiro atoms. The van der Waals surface area contributed by atoms with Crippen LogP contribution in [0.1, 0.15) is 57.8 Å². The predicted octanol–water partition coefficient (Wildman–Crippen LogP) is 1.88. The van der Waals surface area contributed by atoms with E-state index in [4.69, 9.17) is 0 Å². The first-order valence-corrected chi connectivity index (χ1v) is 7.77. The second-order valence-corrected chi connectivity index (χ2v) is 5.92. The second-order valence-electron chi connectivity index (χ2n) is 5.92. The zero-order valence-corrected chi connectivity index (χ0v) is 11.8. The van der Waals surface area contributed by atoms with Crippen LogP contribution in [0.25, 0.3) is 0 Å². The molecule has 1 aliphatic carbocycles. The van der Waals surface area contributed by atoms with Crippen molar-refractivity contribution in [3.05, 3.63) is 0 Å². The molecule has 19 heavy (non-hydrogen) atoms. The molecule has 2 rings (SSSR count). The molecule has 1 saturated heterocycles. The highest BCUT2D eigenvalue weighted by molar-refractivity contribution is 5.81. The van der Waals surface area contributed by atoms with Gasteiger partial charge in [0.25, 0.3) is 0 Å². The summed E-state index contributed by atoms with van der Waals surface area (Å²) in [5.41, 5.74) is 0. The summed E-state index contributed by atoms with van der Waals surface area (Å²) in [6.45, 7) is 1.96. The number of Topliss-reactive ketones (excluding diaryl/α,β-unsaturated/α-hetero) is 1. The molecule has 1 heterocycles. The quantitative estimate of drug-likeness (QED) is 0.848. The van der Waals surface area contributed by atoms with Gasteiger partial charge in [-0.3, -0.25) is 14.5 Å². The molecular weight excluding hydrogens is 240 g/mol. The van der Waals surface area contributed by atoms with E-state index >= 15 is 0 Å². The van der Waals surface area contributed by atoms with Crippen molar-refractivity contribution < 1.29 is 9.59 Å². The lowest BCUT2D eigenvalue weighted by atomic mass is 9.97. The van der Waals surface area contributed by atoms with Gasteiger partial charge in [-0.2, -0.15) is 0 Å². The van der Waals surface area contributed by atoms with Crippen LogP contribution in [0.2, 0.25) is 0 Å². The first-order chi connectivity index (χ1) is 9.24. The summed E-state index contributed by atoms with van der Waals surface area (Å²) in [5, 5.41) is 3.18. The Morgan fingerprint density at radius 2 is 1.63 bits per heavy atom. The molecule has 1 saturated carbocycles. The molecule has 0 radical (unpaired) electrons. The number of ketones is 1. The number of likely N-dealkylation sites (tertiary alicyclic amines) is 1. The molecule has 0 aromatic rings. The monoisotopic (exact) mass is 266 g/mol. The summed E-state index contributed by atoms with van der Waals surface area (Å²) in [6, 6.07) is 0.374. The molecule has 0 bridgehead atoms. The largest absolute Gasteiger partial charge is 0.352 e. The Morgan fingerprint density at radius 3 is 2.26 bits per heavy atom. The van der Waals surface area contributed by atoms with Gasteiger partial charge in [-0.15, -0.1) is 0 Å². The first kappa shape index (κ1) is 14.5. The van der Waals surface area contributed by atoms with Crippen LogP contribution >= 0.6 is 0 Å². The average molecular weight is 266 g/mol. The normalized spacial score (nSPS) is 23.7. The number of nitrogens with zero attached hydrogens (tertiary/aromatic N) is 1. The van der Waals surface area contributed by atoms with E-state index < -0.39 is 0 Å². The summed E-state index contributed by atoms with van der Waals surface area (Å²) in [4.78, 5) is 25.3. The summed E-state index contributed by atoms with van der Waals surface area (Å²) in [6.07, 6.45) is 9.91. The second kappa shape index (κ2) is 7.63. The Hall–Kier alpha value is -0.900. The third-order valence-corrected chi connectivity index (χ3v) is 4.25. The van der Waals surface area contributed by atoms with E-state index in [1.807, 2.05) is 0 Å². The molecule has 0 unspecified atom stereocenters. The summed E-state index contributed by atoms with van der Waals surface area (Å²) in [7, 11) is 0. The molecule has 1 N–H and O–H groups in total. The van der Waals surface area contributed by atoms with Gasteiger partial charge in [0, 0.05) is 32.0 Å². The van der Waals surface area contributed by atoms with Gasteiger partial charge in [0.1, 0.15) is 5.78 Å². The fourth-order valence-corrected chi connectivity index (χ4v) is 3.04. The fourth-order valence-electron chi connectivity index (χ4n) is 3.04. The number of nitrogens with one attached hydrogen (secondary N) is 1. The summed E-state index contributed by atoms with van der Waals surface area (Å²) >= 11 is 0. The predicted molar refractivity (Wildman–Crippen MR) is 74.9 cm³/mol. The van der Waals surface area contributed by atoms with Gasteiger partial charge in [-0.1, -0.05) is 32.1 Å². The minimum absolute atomic E-state index is 0.139. The molecule has 2 fully saturated rings. The van der Waals surface area contributed by atoms with Gasteiger partial charge < -0.3 is 5.32 Å². The van der Waals surface area contributed by atoms with Gasteiger partial charge in [-0.05, 0) is 12.8 Å². The Balaban J connectivity index is 1.69. The summed E-state index contributed by atoms with van der Waals surface area (Å²) < 4.78 is 0. The average Bonchev–Trinajstić information content (AvgIpc) is 2.35. The van der Waals surface area contributed by atoms with Crippen LogP contribution in [0.4, 0.5) is 0 Å². The van der Waals surface area contributed by atoms with E-state index in [0.29, 0.717) is 31.2 Å². The van der Waals surface area contributed by atoms with Crippen molar-refractivity contribution in [2.75, 3.05) is 19.6 Å². The van der Waals surface area contributed by atoms with E-state index in [1.54, 1.807) is 0 Å². The maximum Gasteiger partial charge on any atom is 0.234 e. The molecule has 4 nitrogen and oxygen atoms in total. The Bertz CT molecular complexity index is 299. The van der Waals surface area contributed by atoms with E-state index in [1.165, 1.54) is 32.1 Å². The maximum absolute atomic E-state index is 12.0. The standard InChI is InChI=1S/C15H26N2O2/c18-14-8-10-17(11-9-14)12-15(19)16-13-6-4-2-1-3-5-7-13/h13H,1-12H2,(H,16,19). The first-order valence-electron chi connectivity index (χ1n) is 7.77. The molecule has 0 atom stereocenters. The minimum atomic E-state index is 0.139. The van der Waals surface area contributed by atoms with Crippen LogP contribution in [-0.4, -0.2) is 42.3 Å². The van der Waals surface area contributed by atoms with Crippen LogP contribution in [0.3, 0.4) is 0 Å².